The average Bonchev–Trinajstić information content (AvgIpc) is 2.93. The molecule has 0 heterocycles. The van der Waals surface area contributed by atoms with E-state index in [0.29, 0.717) is 11.3 Å². The van der Waals surface area contributed by atoms with Crippen molar-refractivity contribution in [2.24, 2.45) is 17.6 Å². The van der Waals surface area contributed by atoms with Crippen molar-refractivity contribution in [3.05, 3.63) is 23.8 Å². The Morgan fingerprint density at radius 1 is 1.53 bits per heavy atom. The molecule has 1 saturated carbocycles. The molecule has 17 heavy (non-hydrogen) atoms. The number of nitrogens with two attached hydrogens (primary N) is 2. The SMILES string of the molecule is CC1CC1CN(C)c1ccc(C(N)=O)cc1N. The first-order chi connectivity index (χ1) is 7.99. The van der Waals surface area contributed by atoms with Crippen LogP contribution in [0.4, 0.5) is 11.4 Å². The minimum Gasteiger partial charge on any atom is -0.397 e. The number of anilines is 2. The van der Waals surface area contributed by atoms with Crippen LogP contribution < -0.4 is 16.4 Å². The Balaban J connectivity index is 2.12. The first-order valence-corrected chi connectivity index (χ1v) is 5.89. The fraction of sp³-hybridized carbons (Fsp3) is 0.462. The molecule has 0 aliphatic heterocycles. The van der Waals surface area contributed by atoms with E-state index in [1.807, 2.05) is 13.1 Å². The summed E-state index contributed by atoms with van der Waals surface area (Å²) in [5, 5.41) is 0. The van der Waals surface area contributed by atoms with Crippen LogP contribution in [0, 0.1) is 11.8 Å². The van der Waals surface area contributed by atoms with Crippen LogP contribution in [0.3, 0.4) is 0 Å². The van der Waals surface area contributed by atoms with Gasteiger partial charge >= 0.3 is 0 Å². The lowest BCUT2D eigenvalue weighted by molar-refractivity contribution is 0.100. The molecular formula is C13H19N3O. The molecule has 0 aromatic heterocycles. The van der Waals surface area contributed by atoms with Gasteiger partial charge in [-0.15, -0.1) is 0 Å². The summed E-state index contributed by atoms with van der Waals surface area (Å²) < 4.78 is 0. The molecular weight excluding hydrogens is 214 g/mol. The van der Waals surface area contributed by atoms with E-state index in [-0.39, 0.29) is 0 Å². The largest absolute Gasteiger partial charge is 0.397 e. The van der Waals surface area contributed by atoms with Crippen molar-refractivity contribution >= 4 is 17.3 Å². The zero-order chi connectivity index (χ0) is 12.6. The molecule has 0 spiro atoms. The molecule has 1 aromatic carbocycles. The third-order valence-electron chi connectivity index (χ3n) is 3.51. The molecule has 4 N–H and O–H groups in total. The number of nitrogen functional groups attached to an aromatic ring is 1. The highest BCUT2D eigenvalue weighted by molar-refractivity contribution is 5.94. The van der Waals surface area contributed by atoms with Gasteiger partial charge in [-0.25, -0.2) is 0 Å². The number of carbonyl (C=O) groups excluding carboxylic acids is 1. The first-order valence-electron chi connectivity index (χ1n) is 5.89. The van der Waals surface area contributed by atoms with Gasteiger partial charge in [0.1, 0.15) is 0 Å². The number of primary amides is 1. The first kappa shape index (κ1) is 11.8. The van der Waals surface area contributed by atoms with E-state index in [9.17, 15) is 4.79 Å². The number of rotatable bonds is 4. The number of amides is 1. The summed E-state index contributed by atoms with van der Waals surface area (Å²) in [5.74, 6) is 1.15. The average molecular weight is 233 g/mol. The molecule has 4 heteroatoms. The van der Waals surface area contributed by atoms with Crippen LogP contribution in [0.15, 0.2) is 18.2 Å². The number of hydrogen-bond donors (Lipinski definition) is 2. The molecule has 2 unspecified atom stereocenters. The van der Waals surface area contributed by atoms with Crippen LogP contribution in [0.2, 0.25) is 0 Å². The van der Waals surface area contributed by atoms with Crippen molar-refractivity contribution in [3.8, 4) is 0 Å². The molecule has 0 saturated heterocycles. The molecule has 92 valence electrons. The fourth-order valence-electron chi connectivity index (χ4n) is 2.16. The van der Waals surface area contributed by atoms with Crippen LogP contribution >= 0.6 is 0 Å². The predicted octanol–water partition coefficient (Wildman–Crippen LogP) is 1.46. The highest BCUT2D eigenvalue weighted by Gasteiger charge is 2.33. The lowest BCUT2D eigenvalue weighted by Crippen LogP contribution is -2.22. The molecule has 2 rings (SSSR count). The van der Waals surface area contributed by atoms with Crippen LogP contribution in [0.1, 0.15) is 23.7 Å². The third kappa shape index (κ3) is 2.52. The third-order valence-corrected chi connectivity index (χ3v) is 3.51. The van der Waals surface area contributed by atoms with Gasteiger partial charge < -0.3 is 16.4 Å². The Kier molecular flexibility index (Phi) is 2.96. The normalized spacial score (nSPS) is 22.2. The Morgan fingerprint density at radius 3 is 2.65 bits per heavy atom. The molecule has 4 nitrogen and oxygen atoms in total. The number of hydrogen-bond acceptors (Lipinski definition) is 3. The number of nitrogens with zero attached hydrogens (tertiary/aromatic N) is 1. The zero-order valence-corrected chi connectivity index (χ0v) is 10.3. The van der Waals surface area contributed by atoms with Gasteiger partial charge in [0, 0.05) is 19.2 Å². The van der Waals surface area contributed by atoms with E-state index in [2.05, 4.69) is 11.8 Å². The van der Waals surface area contributed by atoms with Gasteiger partial charge in [-0.2, -0.15) is 0 Å². The minimum atomic E-state index is -0.443. The maximum Gasteiger partial charge on any atom is 0.248 e. The molecule has 1 aliphatic rings. The van der Waals surface area contributed by atoms with Gasteiger partial charge in [-0.3, -0.25) is 4.79 Å². The lowest BCUT2D eigenvalue weighted by atomic mass is 10.1. The minimum absolute atomic E-state index is 0.443. The molecule has 0 bridgehead atoms. The van der Waals surface area contributed by atoms with Gasteiger partial charge in [0.05, 0.1) is 11.4 Å². The number of benzene rings is 1. The van der Waals surface area contributed by atoms with Gasteiger partial charge in [-0.1, -0.05) is 6.92 Å². The highest BCUT2D eigenvalue weighted by Crippen LogP contribution is 2.39. The Hall–Kier alpha value is -1.71. The summed E-state index contributed by atoms with van der Waals surface area (Å²) >= 11 is 0. The Labute approximate surface area is 102 Å². The summed E-state index contributed by atoms with van der Waals surface area (Å²) in [6, 6.07) is 5.23. The summed E-state index contributed by atoms with van der Waals surface area (Å²) in [7, 11) is 2.03. The number of carbonyl (C=O) groups is 1. The Bertz CT molecular complexity index is 444. The van der Waals surface area contributed by atoms with Crippen molar-refractivity contribution in [2.45, 2.75) is 13.3 Å². The smallest absolute Gasteiger partial charge is 0.248 e. The zero-order valence-electron chi connectivity index (χ0n) is 10.3. The van der Waals surface area contributed by atoms with E-state index in [1.165, 1.54) is 6.42 Å². The van der Waals surface area contributed by atoms with Gasteiger partial charge in [0.2, 0.25) is 5.91 Å². The molecule has 1 amide bonds. The van der Waals surface area contributed by atoms with Crippen LogP contribution in [-0.4, -0.2) is 19.5 Å². The van der Waals surface area contributed by atoms with E-state index in [1.54, 1.807) is 12.1 Å². The van der Waals surface area contributed by atoms with Crippen molar-refractivity contribution < 1.29 is 4.79 Å². The maximum absolute atomic E-state index is 11.0. The van der Waals surface area contributed by atoms with Gasteiger partial charge in [0.25, 0.3) is 0 Å². The van der Waals surface area contributed by atoms with Crippen molar-refractivity contribution in [1.29, 1.82) is 0 Å². The molecule has 2 atom stereocenters. The predicted molar refractivity (Wildman–Crippen MR) is 69.9 cm³/mol. The summed E-state index contributed by atoms with van der Waals surface area (Å²) in [4.78, 5) is 13.2. The second kappa shape index (κ2) is 4.28. The Morgan fingerprint density at radius 2 is 2.18 bits per heavy atom. The quantitative estimate of drug-likeness (QED) is 0.773. The highest BCUT2D eigenvalue weighted by atomic mass is 16.1. The fourth-order valence-corrected chi connectivity index (χ4v) is 2.16. The van der Waals surface area contributed by atoms with Crippen molar-refractivity contribution in [2.75, 3.05) is 24.2 Å². The topological polar surface area (TPSA) is 72.3 Å². The van der Waals surface area contributed by atoms with Crippen LogP contribution in [0.5, 0.6) is 0 Å². The summed E-state index contributed by atoms with van der Waals surface area (Å²) in [6.45, 7) is 3.28. The standard InChI is InChI=1S/C13H19N3O/c1-8-5-10(8)7-16(2)12-4-3-9(13(15)17)6-11(12)14/h3-4,6,8,10H,5,7,14H2,1-2H3,(H2,15,17). The monoisotopic (exact) mass is 233 g/mol. The molecule has 1 fully saturated rings. The van der Waals surface area contributed by atoms with Gasteiger partial charge in [-0.05, 0) is 36.5 Å². The molecule has 0 radical (unpaired) electrons. The lowest BCUT2D eigenvalue weighted by Gasteiger charge is -2.21. The summed E-state index contributed by atoms with van der Waals surface area (Å²) in [6.07, 6.45) is 1.30. The van der Waals surface area contributed by atoms with Gasteiger partial charge in [0.15, 0.2) is 0 Å². The van der Waals surface area contributed by atoms with E-state index >= 15 is 0 Å². The van der Waals surface area contributed by atoms with E-state index < -0.39 is 5.91 Å². The maximum atomic E-state index is 11.0. The second-order valence-corrected chi connectivity index (χ2v) is 4.99. The molecule has 1 aliphatic carbocycles. The molecule has 1 aromatic rings. The van der Waals surface area contributed by atoms with Crippen LogP contribution in [0.25, 0.3) is 0 Å². The second-order valence-electron chi connectivity index (χ2n) is 4.99. The van der Waals surface area contributed by atoms with E-state index in [4.69, 9.17) is 11.5 Å². The summed E-state index contributed by atoms with van der Waals surface area (Å²) in [5.41, 5.74) is 13.2. The van der Waals surface area contributed by atoms with Crippen molar-refractivity contribution in [3.63, 3.8) is 0 Å². The van der Waals surface area contributed by atoms with Crippen molar-refractivity contribution in [1.82, 2.24) is 0 Å². The van der Waals surface area contributed by atoms with E-state index in [0.717, 1.165) is 24.1 Å². The van der Waals surface area contributed by atoms with Crippen LogP contribution in [-0.2, 0) is 0 Å².